The Balaban J connectivity index is 1.70. The number of sulfonamides is 1. The molecule has 0 radical (unpaired) electrons. The molecule has 4 rings (SSSR count). The van der Waals surface area contributed by atoms with Crippen LogP contribution in [0.2, 0.25) is 0 Å². The zero-order chi connectivity index (χ0) is 24.5. The molecule has 2 aromatic carbocycles. The molecule has 3 aromatic rings. The summed E-state index contributed by atoms with van der Waals surface area (Å²) in [4.78, 5) is 17.7. The van der Waals surface area contributed by atoms with E-state index in [-0.39, 0.29) is 16.7 Å². The Bertz CT molecular complexity index is 1340. The maximum absolute atomic E-state index is 13.5. The van der Waals surface area contributed by atoms with Crippen LogP contribution < -0.4 is 10.1 Å². The van der Waals surface area contributed by atoms with Crippen molar-refractivity contribution in [3.8, 4) is 5.75 Å². The number of fused-ring (bicyclic) bond motifs is 1. The number of nitrogens with zero attached hydrogens (tertiary/aromatic N) is 2. The van der Waals surface area contributed by atoms with Gasteiger partial charge in [0.2, 0.25) is 10.0 Å². The van der Waals surface area contributed by atoms with E-state index in [2.05, 4.69) is 10.3 Å². The van der Waals surface area contributed by atoms with E-state index in [1.54, 1.807) is 25.1 Å². The van der Waals surface area contributed by atoms with E-state index < -0.39 is 21.7 Å². The summed E-state index contributed by atoms with van der Waals surface area (Å²) >= 11 is 0. The highest BCUT2D eigenvalue weighted by Crippen LogP contribution is 2.31. The van der Waals surface area contributed by atoms with E-state index in [0.29, 0.717) is 41.0 Å². The van der Waals surface area contributed by atoms with Crippen molar-refractivity contribution in [3.63, 3.8) is 0 Å². The minimum absolute atomic E-state index is 0.102. The molecule has 1 aliphatic rings. The number of benzene rings is 2. The van der Waals surface area contributed by atoms with Gasteiger partial charge in [0.1, 0.15) is 11.6 Å². The van der Waals surface area contributed by atoms with Crippen LogP contribution in [0.5, 0.6) is 5.75 Å². The van der Waals surface area contributed by atoms with Gasteiger partial charge in [-0.1, -0.05) is 6.42 Å². The van der Waals surface area contributed by atoms with Gasteiger partial charge in [-0.05, 0) is 70.0 Å². The Kier molecular flexibility index (Phi) is 6.86. The van der Waals surface area contributed by atoms with E-state index >= 15 is 0 Å². The number of halogens is 1. The van der Waals surface area contributed by atoms with Crippen LogP contribution in [0.25, 0.3) is 10.9 Å². The molecule has 0 unspecified atom stereocenters. The number of aromatic nitrogens is 1. The number of nitrogens with one attached hydrogen (secondary N) is 1. The molecular weight excluding hydrogens is 457 g/mol. The third-order valence-corrected chi connectivity index (χ3v) is 7.62. The van der Waals surface area contributed by atoms with Crippen LogP contribution in [0.4, 0.5) is 10.1 Å². The first-order chi connectivity index (χ1) is 16.1. The molecule has 1 amide bonds. The van der Waals surface area contributed by atoms with Gasteiger partial charge >= 0.3 is 0 Å². The zero-order valence-corrected chi connectivity index (χ0v) is 20.3. The van der Waals surface area contributed by atoms with Crippen molar-refractivity contribution in [3.05, 3.63) is 59.5 Å². The summed E-state index contributed by atoms with van der Waals surface area (Å²) in [6, 6.07) is 10.4. The average Bonchev–Trinajstić information content (AvgIpc) is 2.79. The van der Waals surface area contributed by atoms with Gasteiger partial charge in [0.05, 0.1) is 33.5 Å². The highest BCUT2D eigenvalue weighted by molar-refractivity contribution is 7.89. The van der Waals surface area contributed by atoms with Gasteiger partial charge in [0.15, 0.2) is 0 Å². The number of hydrogen-bond acceptors (Lipinski definition) is 5. The topological polar surface area (TPSA) is 88.6 Å². The summed E-state index contributed by atoms with van der Waals surface area (Å²) < 4.78 is 47.2. The molecular formula is C25H28FN3O4S. The average molecular weight is 486 g/mol. The first-order valence-electron chi connectivity index (χ1n) is 11.3. The number of carbonyl (C=O) groups is 1. The predicted octanol–water partition coefficient (Wildman–Crippen LogP) is 4.90. The minimum atomic E-state index is -3.69. The summed E-state index contributed by atoms with van der Waals surface area (Å²) in [5.74, 6) is -0.495. The van der Waals surface area contributed by atoms with Crippen molar-refractivity contribution in [2.45, 2.75) is 51.0 Å². The lowest BCUT2D eigenvalue weighted by molar-refractivity contribution is 0.102. The van der Waals surface area contributed by atoms with Crippen LogP contribution in [0.3, 0.4) is 0 Å². The number of ether oxygens (including phenoxy) is 1. The summed E-state index contributed by atoms with van der Waals surface area (Å²) in [5, 5.41) is 3.43. The molecule has 1 saturated heterocycles. The van der Waals surface area contributed by atoms with Crippen molar-refractivity contribution in [2.75, 3.05) is 18.4 Å². The van der Waals surface area contributed by atoms with Crippen LogP contribution in [-0.2, 0) is 10.0 Å². The molecule has 0 atom stereocenters. The fraction of sp³-hybridized carbons (Fsp3) is 0.360. The number of amides is 1. The van der Waals surface area contributed by atoms with Gasteiger partial charge < -0.3 is 10.1 Å². The largest absolute Gasteiger partial charge is 0.489 e. The zero-order valence-electron chi connectivity index (χ0n) is 19.5. The fourth-order valence-corrected chi connectivity index (χ4v) is 5.58. The molecule has 1 N–H and O–H groups in total. The van der Waals surface area contributed by atoms with Gasteiger partial charge in [-0.15, -0.1) is 0 Å². The fourth-order valence-electron chi connectivity index (χ4n) is 4.03. The van der Waals surface area contributed by atoms with E-state index in [9.17, 15) is 17.6 Å². The maximum atomic E-state index is 13.5. The molecule has 34 heavy (non-hydrogen) atoms. The number of carbonyl (C=O) groups excluding carboxylic acids is 1. The van der Waals surface area contributed by atoms with Crippen LogP contribution >= 0.6 is 0 Å². The molecule has 0 spiro atoms. The molecule has 0 saturated carbocycles. The second-order valence-corrected chi connectivity index (χ2v) is 10.6. The van der Waals surface area contributed by atoms with Gasteiger partial charge in [-0.25, -0.2) is 12.8 Å². The molecule has 2 heterocycles. The van der Waals surface area contributed by atoms with E-state index in [1.807, 2.05) is 13.8 Å². The second-order valence-electron chi connectivity index (χ2n) is 8.70. The molecule has 0 bridgehead atoms. The van der Waals surface area contributed by atoms with E-state index in [4.69, 9.17) is 4.74 Å². The number of anilines is 1. The summed E-state index contributed by atoms with van der Waals surface area (Å²) in [7, 11) is -3.69. The predicted molar refractivity (Wildman–Crippen MR) is 129 cm³/mol. The highest BCUT2D eigenvalue weighted by Gasteiger charge is 2.27. The quantitative estimate of drug-likeness (QED) is 0.537. The monoisotopic (exact) mass is 485 g/mol. The molecule has 1 aromatic heterocycles. The van der Waals surface area contributed by atoms with Gasteiger partial charge in [0, 0.05) is 24.5 Å². The number of piperidine rings is 1. The Labute approximate surface area is 199 Å². The number of aryl methyl sites for hydroxylation is 1. The van der Waals surface area contributed by atoms with Gasteiger partial charge in [-0.2, -0.15) is 4.31 Å². The molecule has 180 valence electrons. The Hall–Kier alpha value is -3.04. The molecule has 0 aliphatic carbocycles. The maximum Gasteiger partial charge on any atom is 0.257 e. The van der Waals surface area contributed by atoms with Crippen molar-refractivity contribution in [1.82, 2.24) is 9.29 Å². The lowest BCUT2D eigenvalue weighted by atomic mass is 10.1. The Morgan fingerprint density at radius 2 is 1.82 bits per heavy atom. The van der Waals surface area contributed by atoms with Crippen LogP contribution in [0, 0.1) is 12.7 Å². The molecule has 1 fully saturated rings. The first kappa shape index (κ1) is 24.1. The highest BCUT2D eigenvalue weighted by atomic mass is 32.2. The van der Waals surface area contributed by atoms with E-state index in [1.165, 1.54) is 28.6 Å². The van der Waals surface area contributed by atoms with Crippen molar-refractivity contribution in [1.29, 1.82) is 0 Å². The number of rotatable bonds is 6. The van der Waals surface area contributed by atoms with Gasteiger partial charge in [-0.3, -0.25) is 9.78 Å². The third-order valence-electron chi connectivity index (χ3n) is 5.73. The normalized spacial score (nSPS) is 15.0. The van der Waals surface area contributed by atoms with Crippen LogP contribution in [0.15, 0.2) is 47.4 Å². The molecule has 7 nitrogen and oxygen atoms in total. The van der Waals surface area contributed by atoms with Crippen molar-refractivity contribution >= 4 is 32.5 Å². The molecule has 9 heteroatoms. The van der Waals surface area contributed by atoms with Crippen molar-refractivity contribution in [2.24, 2.45) is 0 Å². The minimum Gasteiger partial charge on any atom is -0.489 e. The Morgan fingerprint density at radius 1 is 1.09 bits per heavy atom. The molecule has 1 aliphatic heterocycles. The summed E-state index contributed by atoms with van der Waals surface area (Å²) in [6.45, 7) is 6.33. The lowest BCUT2D eigenvalue weighted by Gasteiger charge is -2.26. The standard InChI is InChI=1S/C25H28FN3O4S/c1-16(2)33-24-10-9-20(34(31,32)29-11-5-4-6-12-29)15-23(24)28-25(30)21-13-18-7-8-19(26)14-22(18)27-17(21)3/h7-10,13-16H,4-6,11-12H2,1-3H3,(H,28,30). The third kappa shape index (κ3) is 5.05. The summed E-state index contributed by atoms with van der Waals surface area (Å²) in [5.41, 5.74) is 1.45. The SMILES string of the molecule is Cc1nc2cc(F)ccc2cc1C(=O)Nc1cc(S(=O)(=O)N2CCCCC2)ccc1OC(C)C. The smallest absolute Gasteiger partial charge is 0.257 e. The first-order valence-corrected chi connectivity index (χ1v) is 12.8. The van der Waals surface area contributed by atoms with Crippen LogP contribution in [0.1, 0.15) is 49.2 Å². The van der Waals surface area contributed by atoms with Crippen LogP contribution in [-0.4, -0.2) is 42.8 Å². The summed E-state index contributed by atoms with van der Waals surface area (Å²) in [6.07, 6.45) is 2.49. The Morgan fingerprint density at radius 3 is 2.53 bits per heavy atom. The van der Waals surface area contributed by atoms with Crippen molar-refractivity contribution < 1.29 is 22.3 Å². The van der Waals surface area contributed by atoms with E-state index in [0.717, 1.165) is 19.3 Å². The number of pyridine rings is 1. The number of hydrogen-bond donors (Lipinski definition) is 1. The lowest BCUT2D eigenvalue weighted by Crippen LogP contribution is -2.35. The van der Waals surface area contributed by atoms with Gasteiger partial charge in [0.25, 0.3) is 5.91 Å². The second kappa shape index (κ2) is 9.68.